The van der Waals surface area contributed by atoms with E-state index in [0.717, 1.165) is 8.78 Å². The molecule has 5 nitrogen and oxygen atoms in total. The van der Waals surface area contributed by atoms with E-state index in [-0.39, 0.29) is 10.6 Å². The van der Waals surface area contributed by atoms with Crippen molar-refractivity contribution in [2.45, 2.75) is 4.90 Å². The number of halogens is 1. The van der Waals surface area contributed by atoms with E-state index in [2.05, 4.69) is 15.9 Å². The molecular weight excluding hydrogens is 356 g/mol. The highest BCUT2D eigenvalue weighted by atomic mass is 79.9. The number of hydrogen-bond donors (Lipinski definition) is 1. The van der Waals surface area contributed by atoms with Crippen LogP contribution in [0, 0.1) is 0 Å². The molecule has 2 rings (SSSR count). The number of ether oxygens (including phenoxy) is 1. The molecule has 0 heterocycles. The number of nitrogen functional groups attached to an aromatic ring is 1. The van der Waals surface area contributed by atoms with Crippen molar-refractivity contribution >= 4 is 31.6 Å². The van der Waals surface area contributed by atoms with Gasteiger partial charge in [-0.3, -0.25) is 0 Å². The zero-order chi connectivity index (χ0) is 15.6. The SMILES string of the molecule is CN(C)S(=O)(=O)c1ccc(Oc2ccc(Br)cc2)c(N)c1. The highest BCUT2D eigenvalue weighted by molar-refractivity contribution is 9.10. The van der Waals surface area contributed by atoms with Gasteiger partial charge < -0.3 is 10.5 Å². The van der Waals surface area contributed by atoms with Crippen molar-refractivity contribution in [3.8, 4) is 11.5 Å². The number of nitrogens with two attached hydrogens (primary N) is 1. The summed E-state index contributed by atoms with van der Waals surface area (Å²) in [5.74, 6) is 1.03. The lowest BCUT2D eigenvalue weighted by Gasteiger charge is -2.13. The number of anilines is 1. The van der Waals surface area contributed by atoms with Gasteiger partial charge in [-0.2, -0.15) is 0 Å². The lowest BCUT2D eigenvalue weighted by molar-refractivity contribution is 0.484. The first kappa shape index (κ1) is 15.8. The van der Waals surface area contributed by atoms with E-state index in [1.165, 1.54) is 26.2 Å². The zero-order valence-electron chi connectivity index (χ0n) is 11.6. The van der Waals surface area contributed by atoms with Crippen LogP contribution in [0.5, 0.6) is 11.5 Å². The second-order valence-electron chi connectivity index (χ2n) is 4.54. The van der Waals surface area contributed by atoms with Crippen LogP contribution in [0.15, 0.2) is 51.8 Å². The molecule has 7 heteroatoms. The summed E-state index contributed by atoms with van der Waals surface area (Å²) in [5.41, 5.74) is 6.14. The largest absolute Gasteiger partial charge is 0.455 e. The summed E-state index contributed by atoms with van der Waals surface area (Å²) in [6.07, 6.45) is 0. The normalized spacial score (nSPS) is 11.6. The third kappa shape index (κ3) is 3.55. The van der Waals surface area contributed by atoms with Crippen molar-refractivity contribution in [1.29, 1.82) is 0 Å². The molecule has 2 N–H and O–H groups in total. The quantitative estimate of drug-likeness (QED) is 0.839. The van der Waals surface area contributed by atoms with Gasteiger partial charge in [0.15, 0.2) is 0 Å². The monoisotopic (exact) mass is 370 g/mol. The summed E-state index contributed by atoms with van der Waals surface area (Å²) in [4.78, 5) is 0.133. The van der Waals surface area contributed by atoms with E-state index in [1.807, 2.05) is 12.1 Å². The topological polar surface area (TPSA) is 72.6 Å². The molecule has 0 aliphatic rings. The second kappa shape index (κ2) is 6.05. The molecule has 0 atom stereocenters. The van der Waals surface area contributed by atoms with E-state index in [9.17, 15) is 8.42 Å². The van der Waals surface area contributed by atoms with Gasteiger partial charge in [0.2, 0.25) is 10.0 Å². The highest BCUT2D eigenvalue weighted by Crippen LogP contribution is 2.30. The molecular formula is C14H15BrN2O3S. The average molecular weight is 371 g/mol. The first-order valence-electron chi connectivity index (χ1n) is 6.06. The summed E-state index contributed by atoms with van der Waals surface area (Å²) in [6.45, 7) is 0. The molecule has 2 aromatic carbocycles. The minimum Gasteiger partial charge on any atom is -0.455 e. The minimum atomic E-state index is -3.50. The molecule has 0 spiro atoms. The van der Waals surface area contributed by atoms with Crippen LogP contribution in [0.1, 0.15) is 0 Å². The Balaban J connectivity index is 2.30. The molecule has 0 saturated heterocycles. The maximum atomic E-state index is 12.0. The Morgan fingerprint density at radius 1 is 1.10 bits per heavy atom. The van der Waals surface area contributed by atoms with Crippen LogP contribution in [0.25, 0.3) is 0 Å². The van der Waals surface area contributed by atoms with Crippen LogP contribution in [0.4, 0.5) is 5.69 Å². The molecule has 112 valence electrons. The predicted molar refractivity (Wildman–Crippen MR) is 85.9 cm³/mol. The average Bonchev–Trinajstić information content (AvgIpc) is 2.43. The van der Waals surface area contributed by atoms with Gasteiger partial charge >= 0.3 is 0 Å². The Labute approximate surface area is 132 Å². The van der Waals surface area contributed by atoms with E-state index in [0.29, 0.717) is 11.5 Å². The number of hydrogen-bond acceptors (Lipinski definition) is 4. The molecule has 0 aromatic heterocycles. The van der Waals surface area contributed by atoms with Crippen molar-refractivity contribution in [1.82, 2.24) is 4.31 Å². The first-order valence-corrected chi connectivity index (χ1v) is 8.29. The maximum absolute atomic E-state index is 12.0. The Hall–Kier alpha value is -1.57. The number of sulfonamides is 1. The standard InChI is InChI=1S/C14H15BrN2O3S/c1-17(2)21(18,19)12-7-8-14(13(16)9-12)20-11-5-3-10(15)4-6-11/h3-9H,16H2,1-2H3. The second-order valence-corrected chi connectivity index (χ2v) is 7.61. The Bertz CT molecular complexity index is 743. The van der Waals surface area contributed by atoms with Crippen LogP contribution in [0.2, 0.25) is 0 Å². The summed E-state index contributed by atoms with van der Waals surface area (Å²) >= 11 is 3.34. The zero-order valence-corrected chi connectivity index (χ0v) is 14.0. The number of nitrogens with zero attached hydrogens (tertiary/aromatic N) is 1. The van der Waals surface area contributed by atoms with Gasteiger partial charge in [-0.05, 0) is 42.5 Å². The molecule has 0 unspecified atom stereocenters. The van der Waals surface area contributed by atoms with Gasteiger partial charge in [-0.25, -0.2) is 12.7 Å². The van der Waals surface area contributed by atoms with Crippen molar-refractivity contribution in [2.24, 2.45) is 0 Å². The number of rotatable bonds is 4. The lowest BCUT2D eigenvalue weighted by Crippen LogP contribution is -2.22. The highest BCUT2D eigenvalue weighted by Gasteiger charge is 2.18. The molecule has 0 radical (unpaired) electrons. The molecule has 0 aliphatic carbocycles. The van der Waals surface area contributed by atoms with Crippen molar-refractivity contribution in [3.05, 3.63) is 46.9 Å². The summed E-state index contributed by atoms with van der Waals surface area (Å²) in [6, 6.07) is 11.7. The summed E-state index contributed by atoms with van der Waals surface area (Å²) < 4.78 is 31.7. The fraction of sp³-hybridized carbons (Fsp3) is 0.143. The fourth-order valence-corrected chi connectivity index (χ4v) is 2.82. The summed E-state index contributed by atoms with van der Waals surface area (Å²) in [5, 5.41) is 0. The molecule has 0 aliphatic heterocycles. The minimum absolute atomic E-state index is 0.133. The van der Waals surface area contributed by atoms with E-state index in [1.54, 1.807) is 18.2 Å². The van der Waals surface area contributed by atoms with E-state index in [4.69, 9.17) is 10.5 Å². The lowest BCUT2D eigenvalue weighted by atomic mass is 10.3. The number of benzene rings is 2. The molecule has 0 bridgehead atoms. The third-order valence-electron chi connectivity index (χ3n) is 2.80. The molecule has 0 fully saturated rings. The third-order valence-corrected chi connectivity index (χ3v) is 5.14. The van der Waals surface area contributed by atoms with Gasteiger partial charge in [-0.15, -0.1) is 0 Å². The van der Waals surface area contributed by atoms with Gasteiger partial charge in [0, 0.05) is 18.6 Å². The maximum Gasteiger partial charge on any atom is 0.242 e. The van der Waals surface area contributed by atoms with Gasteiger partial charge in [0.05, 0.1) is 10.6 Å². The smallest absolute Gasteiger partial charge is 0.242 e. The van der Waals surface area contributed by atoms with Crippen LogP contribution in [0.3, 0.4) is 0 Å². The predicted octanol–water partition coefficient (Wildman–Crippen LogP) is 3.07. The van der Waals surface area contributed by atoms with Crippen molar-refractivity contribution < 1.29 is 13.2 Å². The van der Waals surface area contributed by atoms with Crippen LogP contribution >= 0.6 is 15.9 Å². The fourth-order valence-electron chi connectivity index (χ4n) is 1.62. The first-order chi connectivity index (χ1) is 9.80. The Morgan fingerprint density at radius 2 is 1.71 bits per heavy atom. The molecule has 2 aromatic rings. The van der Waals surface area contributed by atoms with Gasteiger partial charge in [0.25, 0.3) is 0 Å². The van der Waals surface area contributed by atoms with Gasteiger partial charge in [0.1, 0.15) is 11.5 Å². The van der Waals surface area contributed by atoms with Crippen molar-refractivity contribution in [3.63, 3.8) is 0 Å². The van der Waals surface area contributed by atoms with E-state index >= 15 is 0 Å². The molecule has 0 saturated carbocycles. The Morgan fingerprint density at radius 3 is 2.24 bits per heavy atom. The van der Waals surface area contributed by atoms with Crippen LogP contribution in [-0.2, 0) is 10.0 Å². The van der Waals surface area contributed by atoms with Crippen LogP contribution < -0.4 is 10.5 Å². The van der Waals surface area contributed by atoms with E-state index < -0.39 is 10.0 Å². The van der Waals surface area contributed by atoms with Crippen molar-refractivity contribution in [2.75, 3.05) is 19.8 Å². The summed E-state index contributed by atoms with van der Waals surface area (Å²) in [7, 11) is -0.563. The molecule has 0 amide bonds. The van der Waals surface area contributed by atoms with Crippen LogP contribution in [-0.4, -0.2) is 26.8 Å². The van der Waals surface area contributed by atoms with Gasteiger partial charge in [-0.1, -0.05) is 15.9 Å². The Kier molecular flexibility index (Phi) is 4.55. The molecule has 21 heavy (non-hydrogen) atoms.